The molecule has 0 unspecified atom stereocenters. The SMILES string of the molecule is CO/C(=C\C(=O)c1ccccc1)c1ccccc1. The van der Waals surface area contributed by atoms with Crippen molar-refractivity contribution in [3.8, 4) is 0 Å². The van der Waals surface area contributed by atoms with Gasteiger partial charge in [-0.05, 0) is 0 Å². The van der Waals surface area contributed by atoms with Gasteiger partial charge in [0.05, 0.1) is 7.11 Å². The van der Waals surface area contributed by atoms with Crippen LogP contribution in [-0.2, 0) is 4.74 Å². The van der Waals surface area contributed by atoms with E-state index in [0.29, 0.717) is 11.3 Å². The molecule has 0 radical (unpaired) electrons. The van der Waals surface area contributed by atoms with Gasteiger partial charge in [-0.25, -0.2) is 0 Å². The van der Waals surface area contributed by atoms with E-state index in [9.17, 15) is 4.79 Å². The van der Waals surface area contributed by atoms with Crippen molar-refractivity contribution >= 4 is 11.5 Å². The number of ketones is 1. The third kappa shape index (κ3) is 2.86. The normalized spacial score (nSPS) is 11.1. The van der Waals surface area contributed by atoms with Gasteiger partial charge in [0, 0.05) is 17.2 Å². The molecule has 0 aromatic heterocycles. The van der Waals surface area contributed by atoms with Crippen LogP contribution in [0.2, 0.25) is 0 Å². The molecule has 2 aromatic carbocycles. The van der Waals surface area contributed by atoms with E-state index in [2.05, 4.69) is 0 Å². The maximum Gasteiger partial charge on any atom is 0.189 e. The quantitative estimate of drug-likeness (QED) is 0.462. The van der Waals surface area contributed by atoms with Crippen LogP contribution < -0.4 is 0 Å². The number of benzene rings is 2. The zero-order chi connectivity index (χ0) is 12.8. The van der Waals surface area contributed by atoms with Crippen LogP contribution in [-0.4, -0.2) is 12.9 Å². The van der Waals surface area contributed by atoms with Gasteiger partial charge in [0.15, 0.2) is 5.78 Å². The van der Waals surface area contributed by atoms with Crippen LogP contribution >= 0.6 is 0 Å². The standard InChI is InChI=1S/C16H14O2/c1-18-16(14-10-6-3-7-11-14)12-15(17)13-8-4-2-5-9-13/h2-12H,1H3/b16-12-. The van der Waals surface area contributed by atoms with Gasteiger partial charge in [0.2, 0.25) is 0 Å². The van der Waals surface area contributed by atoms with Crippen LogP contribution in [0.15, 0.2) is 66.7 Å². The molecule has 0 amide bonds. The third-order valence-corrected chi connectivity index (χ3v) is 2.60. The highest BCUT2D eigenvalue weighted by molar-refractivity contribution is 6.07. The molecule has 0 aliphatic rings. The van der Waals surface area contributed by atoms with E-state index >= 15 is 0 Å². The Morgan fingerprint density at radius 2 is 1.39 bits per heavy atom. The maximum atomic E-state index is 12.0. The Balaban J connectivity index is 2.29. The molecule has 2 aromatic rings. The first-order valence-corrected chi connectivity index (χ1v) is 5.72. The number of rotatable bonds is 4. The van der Waals surface area contributed by atoms with Crippen molar-refractivity contribution in [3.05, 3.63) is 77.9 Å². The molecule has 18 heavy (non-hydrogen) atoms. The minimum atomic E-state index is -0.0590. The molecule has 0 atom stereocenters. The van der Waals surface area contributed by atoms with Gasteiger partial charge >= 0.3 is 0 Å². The average Bonchev–Trinajstić information content (AvgIpc) is 2.46. The van der Waals surface area contributed by atoms with Crippen molar-refractivity contribution in [1.82, 2.24) is 0 Å². The summed E-state index contributed by atoms with van der Waals surface area (Å²) in [6.07, 6.45) is 1.52. The summed E-state index contributed by atoms with van der Waals surface area (Å²) in [7, 11) is 1.57. The fourth-order valence-electron chi connectivity index (χ4n) is 1.67. The first-order valence-electron chi connectivity index (χ1n) is 5.72. The monoisotopic (exact) mass is 238 g/mol. The number of hydrogen-bond donors (Lipinski definition) is 0. The molecule has 0 aliphatic carbocycles. The summed E-state index contributed by atoms with van der Waals surface area (Å²) in [6.45, 7) is 0. The van der Waals surface area contributed by atoms with Crippen LogP contribution in [0.1, 0.15) is 15.9 Å². The van der Waals surface area contributed by atoms with Crippen molar-refractivity contribution in [2.75, 3.05) is 7.11 Å². The van der Waals surface area contributed by atoms with Gasteiger partial charge < -0.3 is 4.74 Å². The summed E-state index contributed by atoms with van der Waals surface area (Å²) >= 11 is 0. The molecule has 0 heterocycles. The summed E-state index contributed by atoms with van der Waals surface area (Å²) in [5, 5.41) is 0. The van der Waals surface area contributed by atoms with Crippen LogP contribution in [0.5, 0.6) is 0 Å². The second kappa shape index (κ2) is 5.82. The maximum absolute atomic E-state index is 12.0. The van der Waals surface area contributed by atoms with E-state index in [0.717, 1.165) is 5.56 Å². The highest BCUT2D eigenvalue weighted by Crippen LogP contribution is 2.15. The third-order valence-electron chi connectivity index (χ3n) is 2.60. The van der Waals surface area contributed by atoms with Gasteiger partial charge in [-0.1, -0.05) is 60.7 Å². The largest absolute Gasteiger partial charge is 0.496 e. The van der Waals surface area contributed by atoms with Crippen LogP contribution in [0.3, 0.4) is 0 Å². The average molecular weight is 238 g/mol. The molecule has 2 rings (SSSR count). The van der Waals surface area contributed by atoms with Crippen molar-refractivity contribution in [2.45, 2.75) is 0 Å². The number of ether oxygens (including phenoxy) is 1. The van der Waals surface area contributed by atoms with E-state index in [1.165, 1.54) is 6.08 Å². The smallest absolute Gasteiger partial charge is 0.189 e. The second-order valence-electron chi connectivity index (χ2n) is 3.81. The molecular weight excluding hydrogens is 224 g/mol. The Labute approximate surface area is 107 Å². The van der Waals surface area contributed by atoms with E-state index in [-0.39, 0.29) is 5.78 Å². The highest BCUT2D eigenvalue weighted by atomic mass is 16.5. The molecule has 0 spiro atoms. The Kier molecular flexibility index (Phi) is 3.92. The Morgan fingerprint density at radius 3 is 1.89 bits per heavy atom. The summed E-state index contributed by atoms with van der Waals surface area (Å²) in [6, 6.07) is 18.7. The fourth-order valence-corrected chi connectivity index (χ4v) is 1.67. The Bertz CT molecular complexity index is 542. The second-order valence-corrected chi connectivity index (χ2v) is 3.81. The first-order chi connectivity index (χ1) is 8.81. The number of methoxy groups -OCH3 is 1. The molecule has 2 nitrogen and oxygen atoms in total. The highest BCUT2D eigenvalue weighted by Gasteiger charge is 2.06. The number of allylic oxidation sites excluding steroid dienone is 1. The fraction of sp³-hybridized carbons (Fsp3) is 0.0625. The number of hydrogen-bond acceptors (Lipinski definition) is 2. The van der Waals surface area contributed by atoms with Gasteiger partial charge in [0.1, 0.15) is 5.76 Å². The van der Waals surface area contributed by atoms with Crippen LogP contribution in [0.25, 0.3) is 5.76 Å². The molecular formula is C16H14O2. The molecule has 90 valence electrons. The molecule has 0 fully saturated rings. The van der Waals surface area contributed by atoms with Crippen molar-refractivity contribution in [2.24, 2.45) is 0 Å². The van der Waals surface area contributed by atoms with Gasteiger partial charge in [-0.15, -0.1) is 0 Å². The van der Waals surface area contributed by atoms with E-state index in [4.69, 9.17) is 4.74 Å². The van der Waals surface area contributed by atoms with Crippen LogP contribution in [0, 0.1) is 0 Å². The van der Waals surface area contributed by atoms with Crippen LogP contribution in [0.4, 0.5) is 0 Å². The topological polar surface area (TPSA) is 26.3 Å². The lowest BCUT2D eigenvalue weighted by molar-refractivity contribution is 0.104. The summed E-state index contributed by atoms with van der Waals surface area (Å²) in [5.41, 5.74) is 1.55. The summed E-state index contributed by atoms with van der Waals surface area (Å²) in [4.78, 5) is 12.0. The molecule has 0 N–H and O–H groups in total. The van der Waals surface area contributed by atoms with Gasteiger partial charge in [0.25, 0.3) is 0 Å². The van der Waals surface area contributed by atoms with Gasteiger partial charge in [-0.3, -0.25) is 4.79 Å². The minimum Gasteiger partial charge on any atom is -0.496 e. The van der Waals surface area contributed by atoms with Crippen molar-refractivity contribution in [3.63, 3.8) is 0 Å². The predicted molar refractivity (Wildman–Crippen MR) is 72.2 cm³/mol. The zero-order valence-corrected chi connectivity index (χ0v) is 10.2. The molecule has 0 saturated heterocycles. The molecule has 2 heteroatoms. The lowest BCUT2D eigenvalue weighted by atomic mass is 10.1. The predicted octanol–water partition coefficient (Wildman–Crippen LogP) is 3.56. The first kappa shape index (κ1) is 12.1. The van der Waals surface area contributed by atoms with E-state index < -0.39 is 0 Å². The number of carbonyl (C=O) groups excluding carboxylic acids is 1. The Hall–Kier alpha value is -2.35. The summed E-state index contributed by atoms with van der Waals surface area (Å²) in [5.74, 6) is 0.515. The van der Waals surface area contributed by atoms with E-state index in [1.807, 2.05) is 48.5 Å². The van der Waals surface area contributed by atoms with Crippen molar-refractivity contribution in [1.29, 1.82) is 0 Å². The van der Waals surface area contributed by atoms with Crippen molar-refractivity contribution < 1.29 is 9.53 Å². The molecule has 0 saturated carbocycles. The van der Waals surface area contributed by atoms with Gasteiger partial charge in [-0.2, -0.15) is 0 Å². The Morgan fingerprint density at radius 1 is 0.889 bits per heavy atom. The summed E-state index contributed by atoms with van der Waals surface area (Å²) < 4.78 is 5.27. The lowest BCUT2D eigenvalue weighted by Gasteiger charge is -2.05. The lowest BCUT2D eigenvalue weighted by Crippen LogP contribution is -1.97. The number of carbonyl (C=O) groups is 1. The zero-order valence-electron chi connectivity index (χ0n) is 10.2. The molecule has 0 aliphatic heterocycles. The molecule has 0 bridgehead atoms. The van der Waals surface area contributed by atoms with E-state index in [1.54, 1.807) is 19.2 Å². The minimum absolute atomic E-state index is 0.0590.